The first-order valence-corrected chi connectivity index (χ1v) is 10.1. The maximum atomic E-state index is 12.2. The Morgan fingerprint density at radius 2 is 1.85 bits per heavy atom. The van der Waals surface area contributed by atoms with Gasteiger partial charge in [-0.1, -0.05) is 6.92 Å². The van der Waals surface area contributed by atoms with Crippen molar-refractivity contribution in [3.8, 4) is 16.3 Å². The molecule has 0 radical (unpaired) electrons. The van der Waals surface area contributed by atoms with Gasteiger partial charge in [-0.3, -0.25) is 9.59 Å². The molecule has 0 aliphatic carbocycles. The topological polar surface area (TPSA) is 80.3 Å². The van der Waals surface area contributed by atoms with Crippen LogP contribution >= 0.6 is 11.3 Å². The van der Waals surface area contributed by atoms with Gasteiger partial charge in [-0.25, -0.2) is 4.98 Å². The number of nitrogens with one attached hydrogen (secondary N) is 2. The van der Waals surface area contributed by atoms with E-state index in [1.165, 1.54) is 11.3 Å². The van der Waals surface area contributed by atoms with Crippen molar-refractivity contribution in [1.82, 2.24) is 15.6 Å². The Labute approximate surface area is 164 Å². The Morgan fingerprint density at radius 3 is 2.48 bits per heavy atom. The fourth-order valence-corrected chi connectivity index (χ4v) is 3.20. The highest BCUT2D eigenvalue weighted by Crippen LogP contribution is 2.26. The van der Waals surface area contributed by atoms with E-state index in [1.807, 2.05) is 50.4 Å². The number of ether oxygens (including phenoxy) is 1. The van der Waals surface area contributed by atoms with Gasteiger partial charge in [0.2, 0.25) is 11.8 Å². The molecule has 0 saturated carbocycles. The van der Waals surface area contributed by atoms with Gasteiger partial charge in [0, 0.05) is 17.0 Å². The summed E-state index contributed by atoms with van der Waals surface area (Å²) in [5.74, 6) is 0.429. The zero-order valence-corrected chi connectivity index (χ0v) is 17.1. The lowest BCUT2D eigenvalue weighted by Gasteiger charge is -2.17. The molecule has 2 rings (SSSR count). The van der Waals surface area contributed by atoms with Gasteiger partial charge in [0.1, 0.15) is 16.8 Å². The lowest BCUT2D eigenvalue weighted by Crippen LogP contribution is -2.47. The number of thiazole rings is 1. The largest absolute Gasteiger partial charge is 0.494 e. The second kappa shape index (κ2) is 10.1. The first kappa shape index (κ1) is 20.9. The number of nitrogens with zero attached hydrogens (tertiary/aromatic N) is 1. The van der Waals surface area contributed by atoms with E-state index in [0.717, 1.165) is 22.7 Å². The lowest BCUT2D eigenvalue weighted by molar-refractivity contribution is -0.128. The van der Waals surface area contributed by atoms with Crippen LogP contribution in [0.3, 0.4) is 0 Å². The second-order valence-corrected chi connectivity index (χ2v) is 7.24. The van der Waals surface area contributed by atoms with Crippen LogP contribution in [0.4, 0.5) is 0 Å². The summed E-state index contributed by atoms with van der Waals surface area (Å²) in [6.45, 7) is 8.19. The summed E-state index contributed by atoms with van der Waals surface area (Å²) < 4.78 is 5.44. The van der Waals surface area contributed by atoms with E-state index >= 15 is 0 Å². The van der Waals surface area contributed by atoms with Crippen molar-refractivity contribution < 1.29 is 14.3 Å². The molecule has 2 aromatic rings. The van der Waals surface area contributed by atoms with Gasteiger partial charge in [-0.15, -0.1) is 11.3 Å². The molecule has 2 N–H and O–H groups in total. The SMILES string of the molecule is CCOc1ccc(-c2nc(CC(=O)NC(C)C(=O)NC(C)CC)cs2)cc1. The van der Waals surface area contributed by atoms with Crippen molar-refractivity contribution >= 4 is 23.2 Å². The number of carbonyl (C=O) groups is 2. The van der Waals surface area contributed by atoms with Gasteiger partial charge >= 0.3 is 0 Å². The predicted molar refractivity (Wildman–Crippen MR) is 108 cm³/mol. The summed E-state index contributed by atoms with van der Waals surface area (Å²) in [5, 5.41) is 8.31. The van der Waals surface area contributed by atoms with E-state index in [0.29, 0.717) is 12.3 Å². The molecule has 0 spiro atoms. The molecule has 2 unspecified atom stereocenters. The van der Waals surface area contributed by atoms with Crippen LogP contribution in [-0.2, 0) is 16.0 Å². The smallest absolute Gasteiger partial charge is 0.242 e. The van der Waals surface area contributed by atoms with Crippen molar-refractivity contribution in [3.63, 3.8) is 0 Å². The molecular formula is C20H27N3O3S. The Hall–Kier alpha value is -2.41. The Balaban J connectivity index is 1.91. The maximum absolute atomic E-state index is 12.2. The summed E-state index contributed by atoms with van der Waals surface area (Å²) in [6.07, 6.45) is 0.994. The lowest BCUT2D eigenvalue weighted by atomic mass is 10.2. The second-order valence-electron chi connectivity index (χ2n) is 6.39. The van der Waals surface area contributed by atoms with Crippen LogP contribution in [0.1, 0.15) is 39.8 Å². The first-order valence-electron chi connectivity index (χ1n) is 9.20. The molecule has 1 aromatic carbocycles. The minimum Gasteiger partial charge on any atom is -0.494 e. The Morgan fingerprint density at radius 1 is 1.15 bits per heavy atom. The molecule has 1 heterocycles. The molecule has 0 aliphatic rings. The average molecular weight is 390 g/mol. The highest BCUT2D eigenvalue weighted by molar-refractivity contribution is 7.13. The molecular weight excluding hydrogens is 362 g/mol. The van der Waals surface area contributed by atoms with E-state index in [-0.39, 0.29) is 24.3 Å². The molecule has 27 heavy (non-hydrogen) atoms. The summed E-state index contributed by atoms with van der Waals surface area (Å²) in [6, 6.07) is 7.24. The minimum atomic E-state index is -0.573. The number of amides is 2. The van der Waals surface area contributed by atoms with Crippen LogP contribution in [0.2, 0.25) is 0 Å². The number of aromatic nitrogens is 1. The fraction of sp³-hybridized carbons (Fsp3) is 0.450. The van der Waals surface area contributed by atoms with Crippen LogP contribution in [-0.4, -0.2) is 35.5 Å². The van der Waals surface area contributed by atoms with Crippen LogP contribution in [0, 0.1) is 0 Å². The molecule has 2 atom stereocenters. The van der Waals surface area contributed by atoms with E-state index < -0.39 is 6.04 Å². The predicted octanol–water partition coefficient (Wildman–Crippen LogP) is 3.17. The minimum absolute atomic E-state index is 0.0899. The van der Waals surface area contributed by atoms with Gasteiger partial charge in [0.15, 0.2) is 0 Å². The van der Waals surface area contributed by atoms with E-state index in [2.05, 4.69) is 15.6 Å². The molecule has 0 aliphatic heterocycles. The van der Waals surface area contributed by atoms with E-state index in [9.17, 15) is 9.59 Å². The third-order valence-corrected chi connectivity index (χ3v) is 5.02. The molecule has 2 amide bonds. The van der Waals surface area contributed by atoms with Crippen LogP contribution in [0.5, 0.6) is 5.75 Å². The van der Waals surface area contributed by atoms with Crippen molar-refractivity contribution in [2.24, 2.45) is 0 Å². The summed E-state index contributed by atoms with van der Waals surface area (Å²) in [5.41, 5.74) is 1.67. The molecule has 0 bridgehead atoms. The zero-order valence-electron chi connectivity index (χ0n) is 16.2. The maximum Gasteiger partial charge on any atom is 0.242 e. The quantitative estimate of drug-likeness (QED) is 0.690. The van der Waals surface area contributed by atoms with Gasteiger partial charge in [-0.2, -0.15) is 0 Å². The summed E-state index contributed by atoms with van der Waals surface area (Å²) in [4.78, 5) is 28.7. The first-order chi connectivity index (χ1) is 12.9. The molecule has 6 nitrogen and oxygen atoms in total. The Bertz CT molecular complexity index is 758. The molecule has 146 valence electrons. The monoisotopic (exact) mass is 389 g/mol. The van der Waals surface area contributed by atoms with Crippen LogP contribution < -0.4 is 15.4 Å². The number of hydrogen-bond donors (Lipinski definition) is 2. The highest BCUT2D eigenvalue weighted by atomic mass is 32.1. The normalized spacial score (nSPS) is 12.9. The van der Waals surface area contributed by atoms with Crippen molar-refractivity contribution in [1.29, 1.82) is 0 Å². The third-order valence-electron chi connectivity index (χ3n) is 4.08. The van der Waals surface area contributed by atoms with Crippen LogP contribution in [0.15, 0.2) is 29.6 Å². The zero-order chi connectivity index (χ0) is 19.8. The van der Waals surface area contributed by atoms with Crippen molar-refractivity contribution in [2.75, 3.05) is 6.61 Å². The summed E-state index contributed by atoms with van der Waals surface area (Å²) >= 11 is 1.49. The van der Waals surface area contributed by atoms with E-state index in [4.69, 9.17) is 4.74 Å². The van der Waals surface area contributed by atoms with Gasteiger partial charge in [0.05, 0.1) is 18.7 Å². The van der Waals surface area contributed by atoms with Crippen molar-refractivity contribution in [3.05, 3.63) is 35.3 Å². The molecule has 7 heteroatoms. The standard InChI is InChI=1S/C20H27N3O3S/c1-5-13(3)21-19(25)14(4)22-18(24)11-16-12-27-20(23-16)15-7-9-17(10-8-15)26-6-2/h7-10,12-14H,5-6,11H2,1-4H3,(H,21,25)(H,22,24). The number of benzene rings is 1. The third kappa shape index (κ3) is 6.36. The molecule has 1 aromatic heterocycles. The van der Waals surface area contributed by atoms with Crippen LogP contribution in [0.25, 0.3) is 10.6 Å². The number of hydrogen-bond acceptors (Lipinski definition) is 5. The van der Waals surface area contributed by atoms with Gasteiger partial charge in [0.25, 0.3) is 0 Å². The average Bonchev–Trinajstić information content (AvgIpc) is 3.10. The van der Waals surface area contributed by atoms with Crippen molar-refractivity contribution in [2.45, 2.75) is 52.6 Å². The summed E-state index contributed by atoms with van der Waals surface area (Å²) in [7, 11) is 0. The van der Waals surface area contributed by atoms with Gasteiger partial charge in [-0.05, 0) is 51.5 Å². The molecule has 0 fully saturated rings. The Kier molecular flexibility index (Phi) is 7.79. The molecule has 0 saturated heterocycles. The number of rotatable bonds is 9. The van der Waals surface area contributed by atoms with E-state index in [1.54, 1.807) is 6.92 Å². The number of carbonyl (C=O) groups excluding carboxylic acids is 2. The van der Waals surface area contributed by atoms with Gasteiger partial charge < -0.3 is 15.4 Å². The fourth-order valence-electron chi connectivity index (χ4n) is 2.37. The highest BCUT2D eigenvalue weighted by Gasteiger charge is 2.18.